The Kier molecular flexibility index (Phi) is 5.00. The second-order valence-electron chi connectivity index (χ2n) is 5.20. The number of nitrogens with zero attached hydrogens (tertiary/aromatic N) is 2. The van der Waals surface area contributed by atoms with Crippen LogP contribution in [0.3, 0.4) is 0 Å². The molecular formula is C16H18BrN3OS. The Balaban J connectivity index is 1.47. The summed E-state index contributed by atoms with van der Waals surface area (Å²) in [5, 5.41) is 5.02. The number of thiophene rings is 1. The molecule has 0 atom stereocenters. The van der Waals surface area contributed by atoms with Crippen LogP contribution in [0.15, 0.2) is 46.3 Å². The molecule has 1 fully saturated rings. The molecule has 1 aromatic carbocycles. The molecule has 22 heavy (non-hydrogen) atoms. The number of carbonyl (C=O) groups excluding carboxylic acids is 1. The molecule has 116 valence electrons. The third-order valence-corrected chi connectivity index (χ3v) is 5.42. The predicted octanol–water partition coefficient (Wildman–Crippen LogP) is 3.54. The molecule has 0 radical (unpaired) electrons. The molecule has 2 heterocycles. The first-order chi connectivity index (χ1) is 10.7. The molecule has 0 saturated carbocycles. The number of benzene rings is 1. The maximum Gasteiger partial charge on any atom is 0.317 e. The minimum atomic E-state index is 0.0252. The normalized spacial score (nSPS) is 15.0. The minimum absolute atomic E-state index is 0.0252. The van der Waals surface area contributed by atoms with Crippen molar-refractivity contribution in [3.8, 4) is 0 Å². The lowest BCUT2D eigenvalue weighted by atomic mass is 10.2. The Bertz CT molecular complexity index is 623. The van der Waals surface area contributed by atoms with Crippen LogP contribution in [0.4, 0.5) is 10.5 Å². The highest BCUT2D eigenvalue weighted by Gasteiger charge is 2.20. The van der Waals surface area contributed by atoms with Gasteiger partial charge in [0.2, 0.25) is 0 Å². The fourth-order valence-corrected chi connectivity index (χ4v) is 3.92. The van der Waals surface area contributed by atoms with Gasteiger partial charge in [-0.2, -0.15) is 0 Å². The number of hydrogen-bond acceptors (Lipinski definition) is 3. The van der Waals surface area contributed by atoms with Gasteiger partial charge in [0, 0.05) is 46.6 Å². The highest BCUT2D eigenvalue weighted by Crippen LogP contribution is 2.19. The van der Waals surface area contributed by atoms with E-state index in [1.54, 1.807) is 11.3 Å². The first-order valence-corrected chi connectivity index (χ1v) is 8.95. The lowest BCUT2D eigenvalue weighted by Crippen LogP contribution is -2.51. The second-order valence-corrected chi connectivity index (χ2v) is 7.11. The third kappa shape index (κ3) is 3.81. The summed E-state index contributed by atoms with van der Waals surface area (Å²) < 4.78 is 1.07. The molecular weight excluding hydrogens is 362 g/mol. The molecule has 4 nitrogen and oxygen atoms in total. The number of nitrogens with one attached hydrogen (secondary N) is 1. The Morgan fingerprint density at radius 1 is 1.18 bits per heavy atom. The van der Waals surface area contributed by atoms with E-state index in [0.29, 0.717) is 6.54 Å². The Morgan fingerprint density at radius 2 is 1.91 bits per heavy atom. The van der Waals surface area contributed by atoms with Gasteiger partial charge in [-0.1, -0.05) is 18.2 Å². The van der Waals surface area contributed by atoms with Crippen molar-refractivity contribution in [2.45, 2.75) is 6.54 Å². The minimum Gasteiger partial charge on any atom is -0.368 e. The largest absolute Gasteiger partial charge is 0.368 e. The number of halogens is 1. The van der Waals surface area contributed by atoms with Crippen LogP contribution in [0.25, 0.3) is 0 Å². The molecule has 0 aliphatic carbocycles. The zero-order chi connectivity index (χ0) is 15.4. The van der Waals surface area contributed by atoms with E-state index < -0.39 is 0 Å². The van der Waals surface area contributed by atoms with Gasteiger partial charge in [-0.3, -0.25) is 0 Å². The van der Waals surface area contributed by atoms with Crippen LogP contribution in [-0.4, -0.2) is 37.1 Å². The number of rotatable bonds is 3. The van der Waals surface area contributed by atoms with E-state index >= 15 is 0 Å². The molecule has 1 aromatic heterocycles. The lowest BCUT2D eigenvalue weighted by Gasteiger charge is -2.36. The molecule has 1 N–H and O–H groups in total. The van der Waals surface area contributed by atoms with Gasteiger partial charge >= 0.3 is 6.03 Å². The van der Waals surface area contributed by atoms with Crippen LogP contribution in [0.1, 0.15) is 4.88 Å². The maximum absolute atomic E-state index is 12.2. The van der Waals surface area contributed by atoms with E-state index in [-0.39, 0.29) is 6.03 Å². The lowest BCUT2D eigenvalue weighted by molar-refractivity contribution is 0.194. The second kappa shape index (κ2) is 7.15. The summed E-state index contributed by atoms with van der Waals surface area (Å²) in [6.45, 7) is 3.86. The summed E-state index contributed by atoms with van der Waals surface area (Å²) in [7, 11) is 0. The van der Waals surface area contributed by atoms with Gasteiger partial charge in [0.25, 0.3) is 0 Å². The molecule has 0 bridgehead atoms. The molecule has 6 heteroatoms. The van der Waals surface area contributed by atoms with Crippen molar-refractivity contribution < 1.29 is 4.79 Å². The van der Waals surface area contributed by atoms with Gasteiger partial charge in [-0.25, -0.2) is 4.79 Å². The summed E-state index contributed by atoms with van der Waals surface area (Å²) in [6.07, 6.45) is 0. The van der Waals surface area contributed by atoms with Gasteiger partial charge in [-0.15, -0.1) is 11.3 Å². The van der Waals surface area contributed by atoms with Crippen molar-refractivity contribution in [1.29, 1.82) is 0 Å². The third-order valence-electron chi connectivity index (χ3n) is 3.72. The van der Waals surface area contributed by atoms with E-state index in [0.717, 1.165) is 35.5 Å². The summed E-state index contributed by atoms with van der Waals surface area (Å²) >= 11 is 5.07. The van der Waals surface area contributed by atoms with Crippen molar-refractivity contribution in [2.24, 2.45) is 0 Å². The zero-order valence-electron chi connectivity index (χ0n) is 12.2. The number of anilines is 1. The van der Waals surface area contributed by atoms with Crippen molar-refractivity contribution >= 4 is 39.0 Å². The Morgan fingerprint density at radius 3 is 2.55 bits per heavy atom. The van der Waals surface area contributed by atoms with E-state index in [4.69, 9.17) is 0 Å². The van der Waals surface area contributed by atoms with Crippen LogP contribution < -0.4 is 10.2 Å². The molecule has 2 amide bonds. The van der Waals surface area contributed by atoms with Gasteiger partial charge in [-0.05, 0) is 34.1 Å². The van der Waals surface area contributed by atoms with E-state index in [2.05, 4.69) is 38.3 Å². The van der Waals surface area contributed by atoms with E-state index in [9.17, 15) is 4.79 Å². The molecule has 0 unspecified atom stereocenters. The van der Waals surface area contributed by atoms with Crippen molar-refractivity contribution in [3.05, 3.63) is 51.1 Å². The fraction of sp³-hybridized carbons (Fsp3) is 0.312. The summed E-state index contributed by atoms with van der Waals surface area (Å²) in [4.78, 5) is 17.6. The van der Waals surface area contributed by atoms with Gasteiger partial charge in [0.15, 0.2) is 0 Å². The smallest absolute Gasteiger partial charge is 0.317 e. The van der Waals surface area contributed by atoms with Crippen LogP contribution in [0, 0.1) is 0 Å². The number of carbonyl (C=O) groups is 1. The molecule has 1 saturated heterocycles. The average molecular weight is 380 g/mol. The molecule has 0 spiro atoms. The van der Waals surface area contributed by atoms with Crippen molar-refractivity contribution in [3.63, 3.8) is 0 Å². The van der Waals surface area contributed by atoms with Crippen LogP contribution >= 0.6 is 27.3 Å². The monoisotopic (exact) mass is 379 g/mol. The quantitative estimate of drug-likeness (QED) is 0.884. The average Bonchev–Trinajstić information content (AvgIpc) is 2.99. The number of para-hydroxylation sites is 1. The Labute approximate surface area is 142 Å². The zero-order valence-corrected chi connectivity index (χ0v) is 14.6. The number of urea groups is 1. The summed E-state index contributed by atoms with van der Waals surface area (Å²) in [6, 6.07) is 12.4. The Hall–Kier alpha value is -1.53. The fourth-order valence-electron chi connectivity index (χ4n) is 2.53. The highest BCUT2D eigenvalue weighted by molar-refractivity contribution is 9.10. The van der Waals surface area contributed by atoms with Crippen molar-refractivity contribution in [2.75, 3.05) is 31.1 Å². The van der Waals surface area contributed by atoms with Gasteiger partial charge in [0.05, 0.1) is 6.54 Å². The SMILES string of the molecule is O=C(NCc1cc(Br)cs1)N1CCN(c2ccccc2)CC1. The molecule has 1 aliphatic rings. The first-order valence-electron chi connectivity index (χ1n) is 7.28. The van der Waals surface area contributed by atoms with E-state index in [1.165, 1.54) is 5.69 Å². The number of amides is 2. The molecule has 1 aliphatic heterocycles. The van der Waals surface area contributed by atoms with Gasteiger partial charge in [0.1, 0.15) is 0 Å². The van der Waals surface area contributed by atoms with Crippen molar-refractivity contribution in [1.82, 2.24) is 10.2 Å². The standard InChI is InChI=1S/C16H18BrN3OS/c17-13-10-15(22-12-13)11-18-16(21)20-8-6-19(7-9-20)14-4-2-1-3-5-14/h1-5,10,12H,6-9,11H2,(H,18,21). The highest BCUT2D eigenvalue weighted by atomic mass is 79.9. The van der Waals surface area contributed by atoms with Crippen LogP contribution in [0.5, 0.6) is 0 Å². The first kappa shape index (κ1) is 15.4. The number of hydrogen-bond donors (Lipinski definition) is 1. The van der Waals surface area contributed by atoms with Crippen LogP contribution in [0.2, 0.25) is 0 Å². The van der Waals surface area contributed by atoms with Crippen LogP contribution in [-0.2, 0) is 6.54 Å². The summed E-state index contributed by atoms with van der Waals surface area (Å²) in [5.74, 6) is 0. The van der Waals surface area contributed by atoms with Gasteiger partial charge < -0.3 is 15.1 Å². The van der Waals surface area contributed by atoms with E-state index in [1.807, 2.05) is 34.5 Å². The number of piperazine rings is 1. The molecule has 3 rings (SSSR count). The predicted molar refractivity (Wildman–Crippen MR) is 94.5 cm³/mol. The topological polar surface area (TPSA) is 35.6 Å². The summed E-state index contributed by atoms with van der Waals surface area (Å²) in [5.41, 5.74) is 1.23. The molecule has 2 aromatic rings. The maximum atomic E-state index is 12.2.